The van der Waals surface area contributed by atoms with E-state index >= 15 is 0 Å². The highest BCUT2D eigenvalue weighted by Crippen LogP contribution is 2.32. The van der Waals surface area contributed by atoms with Crippen LogP contribution in [0.3, 0.4) is 0 Å². The Hall–Kier alpha value is -3.28. The van der Waals surface area contributed by atoms with Crippen LogP contribution in [0, 0.1) is 10.1 Å². The van der Waals surface area contributed by atoms with E-state index in [2.05, 4.69) is 15.2 Å². The molecule has 2 saturated heterocycles. The molecular formula is C24H27N5O5S. The number of amidine groups is 1. The normalized spacial score (nSPS) is 19.8. The largest absolute Gasteiger partial charge is 0.379 e. The van der Waals surface area contributed by atoms with Crippen LogP contribution in [-0.2, 0) is 14.3 Å². The molecule has 0 spiro atoms. The Morgan fingerprint density at radius 3 is 2.66 bits per heavy atom. The zero-order valence-electron chi connectivity index (χ0n) is 19.2. The number of carbonyl (C=O) groups is 2. The number of nitro benzene ring substituents is 1. The van der Waals surface area contributed by atoms with Crippen LogP contribution in [0.2, 0.25) is 0 Å². The summed E-state index contributed by atoms with van der Waals surface area (Å²) in [4.78, 5) is 45.0. The number of aliphatic imine (C=N–C) groups is 1. The van der Waals surface area contributed by atoms with Crippen LogP contribution < -0.4 is 5.32 Å². The van der Waals surface area contributed by atoms with Crippen LogP contribution >= 0.6 is 11.8 Å². The second-order valence-corrected chi connectivity index (χ2v) is 9.36. The molecule has 184 valence electrons. The van der Waals surface area contributed by atoms with Crippen molar-refractivity contribution in [2.24, 2.45) is 4.99 Å². The van der Waals surface area contributed by atoms with Gasteiger partial charge in [0.05, 0.1) is 23.8 Å². The van der Waals surface area contributed by atoms with Crippen LogP contribution in [0.4, 0.5) is 17.1 Å². The van der Waals surface area contributed by atoms with Gasteiger partial charge in [0, 0.05) is 50.4 Å². The Morgan fingerprint density at radius 1 is 1.14 bits per heavy atom. The maximum Gasteiger partial charge on any atom is 0.271 e. The van der Waals surface area contributed by atoms with Crippen LogP contribution in [0.1, 0.15) is 12.8 Å². The summed E-state index contributed by atoms with van der Waals surface area (Å²) in [6.45, 7) is 4.58. The summed E-state index contributed by atoms with van der Waals surface area (Å²) in [5.74, 6) is -0.536. The first-order valence-corrected chi connectivity index (χ1v) is 12.3. The number of benzene rings is 2. The summed E-state index contributed by atoms with van der Waals surface area (Å²) in [7, 11) is 0. The molecule has 0 radical (unpaired) electrons. The summed E-state index contributed by atoms with van der Waals surface area (Å²) < 4.78 is 5.39. The Labute approximate surface area is 207 Å². The second-order valence-electron chi connectivity index (χ2n) is 8.19. The van der Waals surface area contributed by atoms with Crippen molar-refractivity contribution in [2.75, 3.05) is 44.7 Å². The number of rotatable bonds is 9. The molecule has 2 aromatic carbocycles. The average Bonchev–Trinajstić information content (AvgIpc) is 3.14. The fraction of sp³-hybridized carbons (Fsp3) is 0.375. The molecule has 4 rings (SSSR count). The van der Waals surface area contributed by atoms with E-state index in [1.807, 2.05) is 30.3 Å². The fourth-order valence-corrected chi connectivity index (χ4v) is 5.08. The number of anilines is 1. The second kappa shape index (κ2) is 11.9. The van der Waals surface area contributed by atoms with Gasteiger partial charge >= 0.3 is 0 Å². The van der Waals surface area contributed by atoms with Gasteiger partial charge in [-0.2, -0.15) is 0 Å². The van der Waals surface area contributed by atoms with Crippen molar-refractivity contribution < 1.29 is 19.2 Å². The number of nitrogens with one attached hydrogen (secondary N) is 1. The fourth-order valence-electron chi connectivity index (χ4n) is 3.90. The minimum Gasteiger partial charge on any atom is -0.379 e. The Morgan fingerprint density at radius 2 is 1.91 bits per heavy atom. The number of hydrogen-bond donors (Lipinski definition) is 1. The first-order valence-electron chi connectivity index (χ1n) is 11.5. The Balaban J connectivity index is 1.42. The summed E-state index contributed by atoms with van der Waals surface area (Å²) >= 11 is 1.28. The maximum atomic E-state index is 13.2. The van der Waals surface area contributed by atoms with Gasteiger partial charge in [-0.3, -0.25) is 29.5 Å². The van der Waals surface area contributed by atoms with Gasteiger partial charge in [0.2, 0.25) is 11.8 Å². The molecule has 0 saturated carbocycles. The smallest absolute Gasteiger partial charge is 0.271 e. The van der Waals surface area contributed by atoms with E-state index in [9.17, 15) is 19.7 Å². The van der Waals surface area contributed by atoms with Gasteiger partial charge in [-0.25, -0.2) is 4.99 Å². The van der Waals surface area contributed by atoms with Gasteiger partial charge in [0.1, 0.15) is 5.25 Å². The third kappa shape index (κ3) is 6.87. The van der Waals surface area contributed by atoms with Gasteiger partial charge in [-0.1, -0.05) is 36.0 Å². The molecule has 2 amide bonds. The highest BCUT2D eigenvalue weighted by Gasteiger charge is 2.39. The van der Waals surface area contributed by atoms with E-state index < -0.39 is 10.2 Å². The molecule has 2 fully saturated rings. The predicted molar refractivity (Wildman–Crippen MR) is 135 cm³/mol. The number of carbonyl (C=O) groups excluding carboxylic acids is 2. The van der Waals surface area contributed by atoms with Gasteiger partial charge in [0.25, 0.3) is 5.69 Å². The van der Waals surface area contributed by atoms with E-state index in [1.165, 1.54) is 30.0 Å². The number of nitro groups is 1. The molecule has 35 heavy (non-hydrogen) atoms. The minimum atomic E-state index is -0.612. The van der Waals surface area contributed by atoms with E-state index in [1.54, 1.807) is 11.0 Å². The van der Waals surface area contributed by atoms with Crippen LogP contribution in [0.25, 0.3) is 0 Å². The first-order chi connectivity index (χ1) is 17.0. The number of thioether (sulfide) groups is 1. The third-order valence-corrected chi connectivity index (χ3v) is 6.85. The number of nitrogens with zero attached hydrogens (tertiary/aromatic N) is 4. The SMILES string of the molecule is O=C(C[C@@H]1SC(=Nc2ccccc2)N(CCCN2CCOCC2)C1=O)Nc1cccc([N+](=O)[O-])c1. The van der Waals surface area contributed by atoms with Crippen molar-refractivity contribution in [1.82, 2.24) is 9.80 Å². The molecule has 0 aromatic heterocycles. The number of morpholine rings is 1. The average molecular weight is 498 g/mol. The molecule has 0 aliphatic carbocycles. The lowest BCUT2D eigenvalue weighted by molar-refractivity contribution is -0.384. The van der Waals surface area contributed by atoms with Gasteiger partial charge < -0.3 is 10.1 Å². The zero-order chi connectivity index (χ0) is 24.6. The van der Waals surface area contributed by atoms with Gasteiger partial charge in [0.15, 0.2) is 5.17 Å². The van der Waals surface area contributed by atoms with Crippen molar-refractivity contribution in [2.45, 2.75) is 18.1 Å². The van der Waals surface area contributed by atoms with Crippen molar-refractivity contribution in [1.29, 1.82) is 0 Å². The molecule has 2 aliphatic heterocycles. The maximum absolute atomic E-state index is 13.2. The van der Waals surface area contributed by atoms with Crippen molar-refractivity contribution in [3.05, 3.63) is 64.7 Å². The zero-order valence-corrected chi connectivity index (χ0v) is 20.0. The van der Waals surface area contributed by atoms with Crippen LogP contribution in [0.5, 0.6) is 0 Å². The van der Waals surface area contributed by atoms with Crippen molar-refractivity contribution in [3.8, 4) is 0 Å². The molecule has 1 atom stereocenters. The number of amides is 2. The Bertz CT molecular complexity index is 1090. The van der Waals surface area contributed by atoms with E-state index in [4.69, 9.17) is 4.74 Å². The summed E-state index contributed by atoms with van der Waals surface area (Å²) in [5.41, 5.74) is 0.945. The molecule has 0 bridgehead atoms. The highest BCUT2D eigenvalue weighted by atomic mass is 32.2. The number of para-hydroxylation sites is 1. The molecular weight excluding hydrogens is 470 g/mol. The number of hydrogen-bond acceptors (Lipinski definition) is 8. The van der Waals surface area contributed by atoms with Crippen molar-refractivity contribution in [3.63, 3.8) is 0 Å². The molecule has 1 N–H and O–H groups in total. The molecule has 11 heteroatoms. The summed E-state index contributed by atoms with van der Waals surface area (Å²) in [5, 5.41) is 13.6. The molecule has 10 nitrogen and oxygen atoms in total. The number of non-ortho nitro benzene ring substituents is 1. The molecule has 2 heterocycles. The quantitative estimate of drug-likeness (QED) is 0.417. The first kappa shape index (κ1) is 24.8. The Kier molecular flexibility index (Phi) is 8.45. The van der Waals surface area contributed by atoms with Crippen molar-refractivity contribution >= 4 is 45.8 Å². The van der Waals surface area contributed by atoms with E-state index in [0.717, 1.165) is 45.0 Å². The summed E-state index contributed by atoms with van der Waals surface area (Å²) in [6, 6.07) is 15.1. The molecule has 2 aromatic rings. The number of ether oxygens (including phenoxy) is 1. The highest BCUT2D eigenvalue weighted by molar-refractivity contribution is 8.15. The van der Waals surface area contributed by atoms with Crippen LogP contribution in [0.15, 0.2) is 59.6 Å². The van der Waals surface area contributed by atoms with Crippen LogP contribution in [-0.4, -0.2) is 76.3 Å². The van der Waals surface area contributed by atoms with E-state index in [-0.39, 0.29) is 23.9 Å². The lowest BCUT2D eigenvalue weighted by Gasteiger charge is -2.27. The van der Waals surface area contributed by atoms with Gasteiger partial charge in [-0.15, -0.1) is 0 Å². The summed E-state index contributed by atoms with van der Waals surface area (Å²) in [6.07, 6.45) is 0.729. The van der Waals surface area contributed by atoms with Gasteiger partial charge in [-0.05, 0) is 24.6 Å². The third-order valence-electron chi connectivity index (χ3n) is 5.67. The lowest BCUT2D eigenvalue weighted by atomic mass is 10.2. The van der Waals surface area contributed by atoms with E-state index in [0.29, 0.717) is 17.4 Å². The lowest BCUT2D eigenvalue weighted by Crippen LogP contribution is -2.39. The predicted octanol–water partition coefficient (Wildman–Crippen LogP) is 3.28. The molecule has 2 aliphatic rings. The minimum absolute atomic E-state index is 0.0556. The standard InChI is InChI=1S/C24H27N5O5S/c30-22(25-19-8-4-9-20(16-19)29(32)33)17-21-23(31)28(11-5-10-27-12-14-34-15-13-27)24(35-21)26-18-6-2-1-3-7-18/h1-4,6-9,16,21H,5,10-15,17H2,(H,25,30)/t21-/m0/s1. The molecule has 0 unspecified atom stereocenters. The monoisotopic (exact) mass is 497 g/mol. The topological polar surface area (TPSA) is 117 Å².